The van der Waals surface area contributed by atoms with E-state index in [1.54, 1.807) is 41.9 Å². The van der Waals surface area contributed by atoms with Crippen LogP contribution in [0.5, 0.6) is 0 Å². The predicted molar refractivity (Wildman–Crippen MR) is 95.7 cm³/mol. The number of halogens is 1. The van der Waals surface area contributed by atoms with Crippen LogP contribution in [0.25, 0.3) is 28.0 Å². The fourth-order valence-corrected chi connectivity index (χ4v) is 3.01. The molecule has 0 aliphatic carbocycles. The Balaban J connectivity index is 1.90. The maximum atomic E-state index is 13.6. The van der Waals surface area contributed by atoms with Crippen LogP contribution in [0.2, 0.25) is 0 Å². The van der Waals surface area contributed by atoms with Crippen LogP contribution < -0.4 is 0 Å². The number of pyridine rings is 2. The quantitative estimate of drug-likeness (QED) is 0.556. The normalized spacial score (nSPS) is 11.4. The second kappa shape index (κ2) is 6.33. The van der Waals surface area contributed by atoms with Crippen LogP contribution >= 0.6 is 0 Å². The number of benzene rings is 1. The first-order chi connectivity index (χ1) is 12.5. The fraction of sp³-hybridized carbons (Fsp3) is 0.100. The summed E-state index contributed by atoms with van der Waals surface area (Å²) >= 11 is 0. The molecule has 0 saturated carbocycles. The Hall–Kier alpha value is -3.09. The minimum absolute atomic E-state index is 0.257. The molecule has 26 heavy (non-hydrogen) atoms. The van der Waals surface area contributed by atoms with Crippen molar-refractivity contribution >= 4 is 5.65 Å². The summed E-state index contributed by atoms with van der Waals surface area (Å²) in [7, 11) is 0. The van der Waals surface area contributed by atoms with E-state index in [2.05, 4.69) is 9.97 Å². The number of rotatable bonds is 3. The molecule has 0 fully saturated rings. The third kappa shape index (κ3) is 2.75. The van der Waals surface area contributed by atoms with Gasteiger partial charge in [-0.15, -0.1) is 0 Å². The van der Waals surface area contributed by atoms with E-state index in [0.717, 1.165) is 22.4 Å². The molecule has 5 nitrogen and oxygen atoms in total. The summed E-state index contributed by atoms with van der Waals surface area (Å²) in [6.07, 6.45) is 3.29. The SMILES string of the molecule is Cc1cc(-c2ncccc2-c2ccc3ncc(C(O)O)n3c2)ccc1F. The van der Waals surface area contributed by atoms with Crippen molar-refractivity contribution < 1.29 is 14.6 Å². The average molecular weight is 349 g/mol. The molecule has 0 spiro atoms. The van der Waals surface area contributed by atoms with Gasteiger partial charge in [0.1, 0.15) is 11.5 Å². The Morgan fingerprint density at radius 1 is 1.04 bits per heavy atom. The van der Waals surface area contributed by atoms with Crippen molar-refractivity contribution in [1.29, 1.82) is 0 Å². The van der Waals surface area contributed by atoms with Gasteiger partial charge in [-0.3, -0.25) is 9.38 Å². The lowest BCUT2D eigenvalue weighted by Crippen LogP contribution is -2.00. The first-order valence-corrected chi connectivity index (χ1v) is 8.09. The molecule has 0 amide bonds. The zero-order valence-corrected chi connectivity index (χ0v) is 14.0. The van der Waals surface area contributed by atoms with E-state index in [4.69, 9.17) is 0 Å². The number of nitrogens with zero attached hydrogens (tertiary/aromatic N) is 3. The third-order valence-electron chi connectivity index (χ3n) is 4.35. The highest BCUT2D eigenvalue weighted by Crippen LogP contribution is 2.31. The van der Waals surface area contributed by atoms with Crippen LogP contribution in [0.3, 0.4) is 0 Å². The van der Waals surface area contributed by atoms with Gasteiger partial charge in [0.05, 0.1) is 17.6 Å². The molecular formula is C20H16FN3O2. The molecule has 0 atom stereocenters. The van der Waals surface area contributed by atoms with Gasteiger partial charge in [0.25, 0.3) is 0 Å². The smallest absolute Gasteiger partial charge is 0.196 e. The average Bonchev–Trinajstić information content (AvgIpc) is 3.07. The first-order valence-electron chi connectivity index (χ1n) is 8.09. The molecule has 0 bridgehead atoms. The molecule has 2 N–H and O–H groups in total. The summed E-state index contributed by atoms with van der Waals surface area (Å²) in [5.74, 6) is -0.257. The van der Waals surface area contributed by atoms with Crippen molar-refractivity contribution in [3.63, 3.8) is 0 Å². The van der Waals surface area contributed by atoms with Gasteiger partial charge in [-0.05, 0) is 48.9 Å². The van der Waals surface area contributed by atoms with Crippen LogP contribution in [0.15, 0.2) is 61.1 Å². The number of aliphatic hydroxyl groups is 2. The van der Waals surface area contributed by atoms with E-state index < -0.39 is 6.29 Å². The highest BCUT2D eigenvalue weighted by Gasteiger charge is 2.14. The Morgan fingerprint density at radius 2 is 1.85 bits per heavy atom. The number of fused-ring (bicyclic) bond motifs is 1. The van der Waals surface area contributed by atoms with Gasteiger partial charge in [-0.25, -0.2) is 9.37 Å². The molecule has 4 aromatic rings. The molecular weight excluding hydrogens is 333 g/mol. The van der Waals surface area contributed by atoms with Gasteiger partial charge in [0, 0.05) is 29.1 Å². The molecule has 4 rings (SSSR count). The molecule has 1 aromatic carbocycles. The Kier molecular flexibility index (Phi) is 3.99. The Labute approximate surface area is 149 Å². The van der Waals surface area contributed by atoms with Crippen molar-refractivity contribution in [2.75, 3.05) is 0 Å². The molecule has 0 saturated heterocycles. The number of aromatic nitrogens is 3. The van der Waals surface area contributed by atoms with Crippen LogP contribution in [0.1, 0.15) is 17.5 Å². The minimum Gasteiger partial charge on any atom is -0.363 e. The third-order valence-corrected chi connectivity index (χ3v) is 4.35. The second-order valence-corrected chi connectivity index (χ2v) is 6.07. The van der Waals surface area contributed by atoms with Crippen LogP contribution in [-0.4, -0.2) is 24.6 Å². The highest BCUT2D eigenvalue weighted by atomic mass is 19.1. The lowest BCUT2D eigenvalue weighted by atomic mass is 9.99. The monoisotopic (exact) mass is 349 g/mol. The zero-order chi connectivity index (χ0) is 18.3. The van der Waals surface area contributed by atoms with Gasteiger partial charge in [-0.2, -0.15) is 0 Å². The van der Waals surface area contributed by atoms with Crippen LogP contribution in [-0.2, 0) is 0 Å². The Morgan fingerprint density at radius 3 is 2.62 bits per heavy atom. The molecule has 3 aromatic heterocycles. The van der Waals surface area contributed by atoms with E-state index in [1.165, 1.54) is 12.3 Å². The van der Waals surface area contributed by atoms with Crippen molar-refractivity contribution in [3.05, 3.63) is 78.1 Å². The molecule has 0 aliphatic rings. The highest BCUT2D eigenvalue weighted by molar-refractivity contribution is 5.81. The maximum absolute atomic E-state index is 13.6. The standard InChI is InChI=1S/C20H16FN3O2/c1-12-9-13(4-6-16(12)21)19-15(3-2-8-22-19)14-5-7-18-23-10-17(20(25)26)24(18)11-14/h2-11,20,25-26H,1H3. The van der Waals surface area contributed by atoms with E-state index in [9.17, 15) is 14.6 Å². The fourth-order valence-electron chi connectivity index (χ4n) is 3.01. The number of hydrogen-bond acceptors (Lipinski definition) is 4. The lowest BCUT2D eigenvalue weighted by Gasteiger charge is -2.11. The molecule has 0 unspecified atom stereocenters. The summed E-state index contributed by atoms with van der Waals surface area (Å²) < 4.78 is 15.3. The topological polar surface area (TPSA) is 70.7 Å². The van der Waals surface area contributed by atoms with E-state index in [-0.39, 0.29) is 11.5 Å². The van der Waals surface area contributed by atoms with Crippen LogP contribution in [0.4, 0.5) is 4.39 Å². The van der Waals surface area contributed by atoms with Crippen molar-refractivity contribution in [2.24, 2.45) is 0 Å². The lowest BCUT2D eigenvalue weighted by molar-refractivity contribution is -0.0464. The largest absolute Gasteiger partial charge is 0.363 e. The zero-order valence-electron chi connectivity index (χ0n) is 14.0. The van der Waals surface area contributed by atoms with Gasteiger partial charge in [0.2, 0.25) is 0 Å². The summed E-state index contributed by atoms with van der Waals surface area (Å²) in [5.41, 5.74) is 4.67. The van der Waals surface area contributed by atoms with Crippen molar-refractivity contribution in [2.45, 2.75) is 13.2 Å². The van der Waals surface area contributed by atoms with E-state index in [0.29, 0.717) is 11.2 Å². The molecule has 130 valence electrons. The molecule has 3 heterocycles. The van der Waals surface area contributed by atoms with Gasteiger partial charge in [-0.1, -0.05) is 6.07 Å². The minimum atomic E-state index is -1.62. The van der Waals surface area contributed by atoms with Gasteiger partial charge >= 0.3 is 0 Å². The summed E-state index contributed by atoms with van der Waals surface area (Å²) in [6.45, 7) is 1.72. The van der Waals surface area contributed by atoms with E-state index >= 15 is 0 Å². The van der Waals surface area contributed by atoms with Gasteiger partial charge < -0.3 is 10.2 Å². The first kappa shape index (κ1) is 16.4. The van der Waals surface area contributed by atoms with Crippen LogP contribution in [0, 0.1) is 12.7 Å². The summed E-state index contributed by atoms with van der Waals surface area (Å²) in [6, 6.07) is 12.3. The maximum Gasteiger partial charge on any atom is 0.196 e. The molecule has 0 aliphatic heterocycles. The Bertz CT molecular complexity index is 1110. The molecule has 6 heteroatoms. The van der Waals surface area contributed by atoms with E-state index in [1.807, 2.05) is 18.2 Å². The van der Waals surface area contributed by atoms with Crippen molar-refractivity contribution in [3.8, 4) is 22.4 Å². The number of aliphatic hydroxyl groups excluding tert-OH is 1. The molecule has 0 radical (unpaired) electrons. The summed E-state index contributed by atoms with van der Waals surface area (Å²) in [5, 5.41) is 19.0. The van der Waals surface area contributed by atoms with Gasteiger partial charge in [0.15, 0.2) is 6.29 Å². The summed E-state index contributed by atoms with van der Waals surface area (Å²) in [4.78, 5) is 8.64. The van der Waals surface area contributed by atoms with Crippen molar-refractivity contribution in [1.82, 2.24) is 14.4 Å². The number of hydrogen-bond donors (Lipinski definition) is 2. The predicted octanol–water partition coefficient (Wildman–Crippen LogP) is 3.49. The second-order valence-electron chi connectivity index (χ2n) is 6.07. The number of aryl methyl sites for hydroxylation is 1. The number of imidazole rings is 1.